The van der Waals surface area contributed by atoms with Crippen LogP contribution in [0, 0.1) is 0 Å². The third-order valence-corrected chi connectivity index (χ3v) is 1.80. The molecule has 0 amide bonds. The topological polar surface area (TPSA) is 43.8 Å². The lowest BCUT2D eigenvalue weighted by molar-refractivity contribution is 0.969. The summed E-state index contributed by atoms with van der Waals surface area (Å²) in [5.41, 5.74) is 7.51. The van der Waals surface area contributed by atoms with Gasteiger partial charge in [-0.2, -0.15) is 0 Å². The normalized spacial score (nSPS) is 9.46. The van der Waals surface area contributed by atoms with Gasteiger partial charge < -0.3 is 10.3 Å². The quantitative estimate of drug-likeness (QED) is 0.670. The Morgan fingerprint density at radius 3 is 2.62 bits per heavy atom. The van der Waals surface area contributed by atoms with Gasteiger partial charge in [0.2, 0.25) is 0 Å². The smallest absolute Gasteiger partial charge is 0.0747 e. The van der Waals surface area contributed by atoms with Gasteiger partial charge >= 0.3 is 0 Å². The summed E-state index contributed by atoms with van der Waals surface area (Å²) in [6.07, 6.45) is 5.46. The first-order chi connectivity index (χ1) is 6.29. The predicted octanol–water partition coefficient (Wildman–Crippen LogP) is 2.18. The molecule has 0 radical (unpaired) electrons. The SMILES string of the molecule is CC.Cn1ccc2cncc(N)c21. The van der Waals surface area contributed by atoms with Crippen LogP contribution in [0.2, 0.25) is 0 Å². The molecule has 0 fully saturated rings. The van der Waals surface area contributed by atoms with Crippen molar-refractivity contribution in [1.82, 2.24) is 9.55 Å². The third kappa shape index (κ3) is 1.64. The Balaban J connectivity index is 0.000000396. The zero-order chi connectivity index (χ0) is 9.84. The Morgan fingerprint density at radius 1 is 1.31 bits per heavy atom. The van der Waals surface area contributed by atoms with Crippen molar-refractivity contribution in [3.05, 3.63) is 24.7 Å². The molecular weight excluding hydrogens is 162 g/mol. The molecule has 0 aliphatic rings. The highest BCUT2D eigenvalue weighted by Crippen LogP contribution is 2.18. The minimum absolute atomic E-state index is 0.731. The standard InChI is InChI=1S/C8H9N3.C2H6/c1-11-3-2-6-4-10-5-7(9)8(6)11;1-2/h2-5H,9H2,1H3;1-2H3. The van der Waals surface area contributed by atoms with Crippen LogP contribution >= 0.6 is 0 Å². The summed E-state index contributed by atoms with van der Waals surface area (Å²) in [7, 11) is 1.97. The van der Waals surface area contributed by atoms with Gasteiger partial charge in [-0.3, -0.25) is 4.98 Å². The van der Waals surface area contributed by atoms with Crippen LogP contribution in [-0.4, -0.2) is 9.55 Å². The maximum atomic E-state index is 5.72. The van der Waals surface area contributed by atoms with Crippen molar-refractivity contribution >= 4 is 16.6 Å². The maximum absolute atomic E-state index is 5.72. The second-order valence-electron chi connectivity index (χ2n) is 2.59. The van der Waals surface area contributed by atoms with Crippen LogP contribution in [-0.2, 0) is 7.05 Å². The number of nitrogen functional groups attached to an aromatic ring is 1. The van der Waals surface area contributed by atoms with Gasteiger partial charge in [0, 0.05) is 24.8 Å². The van der Waals surface area contributed by atoms with Crippen molar-refractivity contribution in [3.8, 4) is 0 Å². The first-order valence-electron chi connectivity index (χ1n) is 4.43. The Hall–Kier alpha value is -1.51. The van der Waals surface area contributed by atoms with Gasteiger partial charge in [0.05, 0.1) is 17.4 Å². The number of aromatic nitrogens is 2. The summed E-state index contributed by atoms with van der Waals surface area (Å²) in [5, 5.41) is 1.09. The highest BCUT2D eigenvalue weighted by atomic mass is 14.9. The molecule has 0 saturated heterocycles. The lowest BCUT2D eigenvalue weighted by Crippen LogP contribution is -1.92. The third-order valence-electron chi connectivity index (χ3n) is 1.80. The molecule has 0 saturated carbocycles. The fourth-order valence-electron chi connectivity index (χ4n) is 1.28. The Bertz CT molecular complexity index is 390. The monoisotopic (exact) mass is 177 g/mol. The molecule has 0 aromatic carbocycles. The second-order valence-corrected chi connectivity index (χ2v) is 2.59. The van der Waals surface area contributed by atoms with Crippen LogP contribution in [0.15, 0.2) is 24.7 Å². The van der Waals surface area contributed by atoms with Crippen molar-refractivity contribution in [3.63, 3.8) is 0 Å². The number of nitrogens with two attached hydrogens (primary N) is 1. The molecule has 2 aromatic heterocycles. The molecule has 13 heavy (non-hydrogen) atoms. The number of aryl methyl sites for hydroxylation is 1. The average molecular weight is 177 g/mol. The van der Waals surface area contributed by atoms with E-state index in [-0.39, 0.29) is 0 Å². The Kier molecular flexibility index (Phi) is 2.90. The van der Waals surface area contributed by atoms with E-state index in [9.17, 15) is 0 Å². The zero-order valence-electron chi connectivity index (χ0n) is 8.28. The molecule has 0 atom stereocenters. The van der Waals surface area contributed by atoms with Gasteiger partial charge in [-0.05, 0) is 6.07 Å². The molecule has 3 heteroatoms. The molecule has 0 unspecified atom stereocenters. The van der Waals surface area contributed by atoms with Crippen molar-refractivity contribution in [1.29, 1.82) is 0 Å². The average Bonchev–Trinajstić information content (AvgIpc) is 2.53. The number of nitrogens with zero attached hydrogens (tertiary/aromatic N) is 2. The molecule has 2 N–H and O–H groups in total. The molecule has 0 aliphatic carbocycles. The molecule has 2 aromatic rings. The van der Waals surface area contributed by atoms with E-state index in [4.69, 9.17) is 5.73 Å². The zero-order valence-corrected chi connectivity index (χ0v) is 8.28. The van der Waals surface area contributed by atoms with Crippen LogP contribution in [0.4, 0.5) is 5.69 Å². The van der Waals surface area contributed by atoms with Crippen molar-refractivity contribution in [2.24, 2.45) is 7.05 Å². The Morgan fingerprint density at radius 2 is 2.00 bits per heavy atom. The molecule has 0 spiro atoms. The van der Waals surface area contributed by atoms with E-state index in [1.807, 2.05) is 43.9 Å². The van der Waals surface area contributed by atoms with E-state index in [2.05, 4.69) is 4.98 Å². The number of hydrogen-bond donors (Lipinski definition) is 1. The van der Waals surface area contributed by atoms with E-state index < -0.39 is 0 Å². The fourth-order valence-corrected chi connectivity index (χ4v) is 1.28. The van der Waals surface area contributed by atoms with E-state index in [1.54, 1.807) is 6.20 Å². The number of hydrogen-bond acceptors (Lipinski definition) is 2. The summed E-state index contributed by atoms with van der Waals surface area (Å²) < 4.78 is 1.99. The molecule has 2 rings (SSSR count). The second kappa shape index (κ2) is 3.94. The fraction of sp³-hybridized carbons (Fsp3) is 0.300. The van der Waals surface area contributed by atoms with Crippen LogP contribution in [0.25, 0.3) is 10.9 Å². The number of anilines is 1. The minimum Gasteiger partial charge on any atom is -0.396 e. The number of rotatable bonds is 0. The molecule has 0 aliphatic heterocycles. The van der Waals surface area contributed by atoms with E-state index >= 15 is 0 Å². The minimum atomic E-state index is 0.731. The summed E-state index contributed by atoms with van der Waals surface area (Å²) in [6, 6.07) is 2.00. The lowest BCUT2D eigenvalue weighted by Gasteiger charge is -1.98. The highest BCUT2D eigenvalue weighted by molar-refractivity contribution is 5.89. The van der Waals surface area contributed by atoms with Crippen molar-refractivity contribution in [2.45, 2.75) is 13.8 Å². The first kappa shape index (κ1) is 9.58. The van der Waals surface area contributed by atoms with Crippen molar-refractivity contribution < 1.29 is 0 Å². The first-order valence-corrected chi connectivity index (χ1v) is 4.43. The molecular formula is C10H15N3. The van der Waals surface area contributed by atoms with E-state index in [1.165, 1.54) is 0 Å². The van der Waals surface area contributed by atoms with Crippen LogP contribution in [0.5, 0.6) is 0 Å². The predicted molar refractivity (Wildman–Crippen MR) is 56.5 cm³/mol. The molecule has 2 heterocycles. The van der Waals surface area contributed by atoms with Crippen molar-refractivity contribution in [2.75, 3.05) is 5.73 Å². The van der Waals surface area contributed by atoms with E-state index in [0.717, 1.165) is 16.6 Å². The van der Waals surface area contributed by atoms with Crippen LogP contribution < -0.4 is 5.73 Å². The number of pyridine rings is 1. The summed E-state index contributed by atoms with van der Waals surface area (Å²) >= 11 is 0. The van der Waals surface area contributed by atoms with E-state index in [0.29, 0.717) is 0 Å². The largest absolute Gasteiger partial charge is 0.396 e. The highest BCUT2D eigenvalue weighted by Gasteiger charge is 1.99. The summed E-state index contributed by atoms with van der Waals surface area (Å²) in [6.45, 7) is 4.00. The van der Waals surface area contributed by atoms with Gasteiger partial charge in [0.15, 0.2) is 0 Å². The van der Waals surface area contributed by atoms with Crippen LogP contribution in [0.1, 0.15) is 13.8 Å². The Labute approximate surface area is 78.2 Å². The molecule has 0 bridgehead atoms. The number of fused-ring (bicyclic) bond motifs is 1. The van der Waals surface area contributed by atoms with Gasteiger partial charge in [0.25, 0.3) is 0 Å². The maximum Gasteiger partial charge on any atom is 0.0747 e. The lowest BCUT2D eigenvalue weighted by atomic mass is 10.3. The molecule has 70 valence electrons. The molecule has 3 nitrogen and oxygen atoms in total. The van der Waals surface area contributed by atoms with Gasteiger partial charge in [0.1, 0.15) is 0 Å². The van der Waals surface area contributed by atoms with Crippen LogP contribution in [0.3, 0.4) is 0 Å². The van der Waals surface area contributed by atoms with Gasteiger partial charge in [-0.15, -0.1) is 0 Å². The van der Waals surface area contributed by atoms with Gasteiger partial charge in [-0.1, -0.05) is 13.8 Å². The summed E-state index contributed by atoms with van der Waals surface area (Å²) in [5.74, 6) is 0. The summed E-state index contributed by atoms with van der Waals surface area (Å²) in [4.78, 5) is 3.99. The van der Waals surface area contributed by atoms with Gasteiger partial charge in [-0.25, -0.2) is 0 Å².